The largest absolute Gasteiger partial charge is 0.395 e. The molecule has 0 atom stereocenters. The van der Waals surface area contributed by atoms with Gasteiger partial charge < -0.3 is 10.4 Å². The second-order valence-corrected chi connectivity index (χ2v) is 5.57. The maximum atomic E-state index is 12.1. The highest BCUT2D eigenvalue weighted by atomic mass is 35.5. The first-order chi connectivity index (χ1) is 9.70. The summed E-state index contributed by atoms with van der Waals surface area (Å²) in [5.41, 5.74) is 0.634. The molecular formula is C15H21ClN2O2. The fourth-order valence-corrected chi connectivity index (χ4v) is 2.91. The van der Waals surface area contributed by atoms with Crippen LogP contribution >= 0.6 is 11.6 Å². The predicted molar refractivity (Wildman–Crippen MR) is 81.0 cm³/mol. The summed E-state index contributed by atoms with van der Waals surface area (Å²) in [7, 11) is 0. The summed E-state index contributed by atoms with van der Waals surface area (Å²) >= 11 is 6.02. The topological polar surface area (TPSA) is 52.6 Å². The summed E-state index contributed by atoms with van der Waals surface area (Å²) in [5.74, 6) is -0.0848. The van der Waals surface area contributed by atoms with Crippen molar-refractivity contribution < 1.29 is 9.90 Å². The number of carbonyl (C=O) groups excluding carboxylic acids is 1. The van der Waals surface area contributed by atoms with E-state index in [9.17, 15) is 4.79 Å². The SMILES string of the molecule is O=C(CN(CCO)C1CCCC1)Nc1ccccc1Cl. The van der Waals surface area contributed by atoms with Gasteiger partial charge in [-0.15, -0.1) is 0 Å². The second-order valence-electron chi connectivity index (χ2n) is 5.16. The number of para-hydroxylation sites is 1. The summed E-state index contributed by atoms with van der Waals surface area (Å²) < 4.78 is 0. The standard InChI is InChI=1S/C15H21ClN2O2/c16-13-7-3-4-8-14(13)17-15(20)11-18(9-10-19)12-5-1-2-6-12/h3-4,7-8,12,19H,1-2,5-6,9-11H2,(H,17,20). The molecule has 1 aliphatic rings. The zero-order chi connectivity index (χ0) is 14.4. The van der Waals surface area contributed by atoms with Gasteiger partial charge in [-0.25, -0.2) is 0 Å². The van der Waals surface area contributed by atoms with Gasteiger partial charge in [-0.3, -0.25) is 9.69 Å². The maximum absolute atomic E-state index is 12.1. The Labute approximate surface area is 124 Å². The van der Waals surface area contributed by atoms with Gasteiger partial charge in [0.2, 0.25) is 5.91 Å². The monoisotopic (exact) mass is 296 g/mol. The van der Waals surface area contributed by atoms with Crippen LogP contribution in [0.1, 0.15) is 25.7 Å². The zero-order valence-electron chi connectivity index (χ0n) is 11.5. The normalized spacial score (nSPS) is 15.8. The van der Waals surface area contributed by atoms with E-state index in [0.717, 1.165) is 12.8 Å². The summed E-state index contributed by atoms with van der Waals surface area (Å²) in [6.07, 6.45) is 4.64. The van der Waals surface area contributed by atoms with E-state index in [2.05, 4.69) is 10.2 Å². The third-order valence-electron chi connectivity index (χ3n) is 3.72. The van der Waals surface area contributed by atoms with E-state index in [1.807, 2.05) is 12.1 Å². The number of halogens is 1. The second kappa shape index (κ2) is 7.62. The third kappa shape index (κ3) is 4.20. The Balaban J connectivity index is 1.92. The molecule has 0 unspecified atom stereocenters. The molecule has 20 heavy (non-hydrogen) atoms. The first-order valence-corrected chi connectivity index (χ1v) is 7.48. The predicted octanol–water partition coefficient (Wildman–Crippen LogP) is 2.52. The number of amides is 1. The number of nitrogens with zero attached hydrogens (tertiary/aromatic N) is 1. The molecule has 1 saturated carbocycles. The highest BCUT2D eigenvalue weighted by molar-refractivity contribution is 6.33. The van der Waals surface area contributed by atoms with E-state index in [-0.39, 0.29) is 12.5 Å². The fourth-order valence-electron chi connectivity index (χ4n) is 2.73. The number of aliphatic hydroxyl groups excluding tert-OH is 1. The van der Waals surface area contributed by atoms with Gasteiger partial charge >= 0.3 is 0 Å². The van der Waals surface area contributed by atoms with Gasteiger partial charge in [0.25, 0.3) is 0 Å². The van der Waals surface area contributed by atoms with Crippen LogP contribution in [0.4, 0.5) is 5.69 Å². The molecule has 1 fully saturated rings. The lowest BCUT2D eigenvalue weighted by Gasteiger charge is -2.27. The average molecular weight is 297 g/mol. The summed E-state index contributed by atoms with van der Waals surface area (Å²) in [4.78, 5) is 14.2. The molecule has 0 aliphatic heterocycles. The molecular weight excluding hydrogens is 276 g/mol. The number of hydrogen-bond donors (Lipinski definition) is 2. The molecule has 0 bridgehead atoms. The molecule has 0 spiro atoms. The lowest BCUT2D eigenvalue weighted by molar-refractivity contribution is -0.118. The molecule has 110 valence electrons. The minimum absolute atomic E-state index is 0.0792. The molecule has 5 heteroatoms. The Morgan fingerprint density at radius 1 is 1.35 bits per heavy atom. The Hall–Kier alpha value is -1.10. The van der Waals surface area contributed by atoms with Crippen molar-refractivity contribution in [3.8, 4) is 0 Å². The van der Waals surface area contributed by atoms with Gasteiger partial charge in [-0.05, 0) is 25.0 Å². The Bertz CT molecular complexity index is 447. The first kappa shape index (κ1) is 15.3. The number of anilines is 1. The van der Waals surface area contributed by atoms with Crippen LogP contribution in [0, 0.1) is 0 Å². The number of aliphatic hydroxyl groups is 1. The van der Waals surface area contributed by atoms with E-state index < -0.39 is 0 Å². The number of rotatable bonds is 6. The van der Waals surface area contributed by atoms with Crippen molar-refractivity contribution in [2.45, 2.75) is 31.7 Å². The molecule has 0 radical (unpaired) electrons. The summed E-state index contributed by atoms with van der Waals surface area (Å²) in [6, 6.07) is 7.61. The van der Waals surface area contributed by atoms with Crippen molar-refractivity contribution in [3.63, 3.8) is 0 Å². The van der Waals surface area contributed by atoms with Crippen LogP contribution in [0.15, 0.2) is 24.3 Å². The van der Waals surface area contributed by atoms with Gasteiger partial charge in [0.1, 0.15) is 0 Å². The Kier molecular flexibility index (Phi) is 5.83. The molecule has 1 aromatic carbocycles. The number of nitrogens with one attached hydrogen (secondary N) is 1. The van der Waals surface area contributed by atoms with Gasteiger partial charge in [-0.1, -0.05) is 36.6 Å². The molecule has 1 amide bonds. The Morgan fingerprint density at radius 3 is 2.70 bits per heavy atom. The molecule has 2 rings (SSSR count). The van der Waals surface area contributed by atoms with Crippen LogP contribution in [-0.4, -0.2) is 41.7 Å². The lowest BCUT2D eigenvalue weighted by Crippen LogP contribution is -2.41. The van der Waals surface area contributed by atoms with Crippen molar-refractivity contribution >= 4 is 23.2 Å². The quantitative estimate of drug-likeness (QED) is 0.848. The molecule has 1 aromatic rings. The molecule has 4 nitrogen and oxygen atoms in total. The highest BCUT2D eigenvalue weighted by Crippen LogP contribution is 2.24. The van der Waals surface area contributed by atoms with E-state index in [1.54, 1.807) is 12.1 Å². The number of hydrogen-bond acceptors (Lipinski definition) is 3. The van der Waals surface area contributed by atoms with Gasteiger partial charge in [0.05, 0.1) is 23.9 Å². The van der Waals surface area contributed by atoms with Gasteiger partial charge in [0, 0.05) is 12.6 Å². The van der Waals surface area contributed by atoms with Crippen molar-refractivity contribution in [1.29, 1.82) is 0 Å². The van der Waals surface area contributed by atoms with E-state index in [4.69, 9.17) is 16.7 Å². The zero-order valence-corrected chi connectivity index (χ0v) is 12.3. The molecule has 1 aliphatic carbocycles. The van der Waals surface area contributed by atoms with E-state index in [1.165, 1.54) is 12.8 Å². The van der Waals surface area contributed by atoms with Crippen LogP contribution in [0.25, 0.3) is 0 Å². The lowest BCUT2D eigenvalue weighted by atomic mass is 10.2. The first-order valence-electron chi connectivity index (χ1n) is 7.10. The molecule has 0 aromatic heterocycles. The average Bonchev–Trinajstić information content (AvgIpc) is 2.95. The third-order valence-corrected chi connectivity index (χ3v) is 4.05. The number of benzene rings is 1. The fraction of sp³-hybridized carbons (Fsp3) is 0.533. The highest BCUT2D eigenvalue weighted by Gasteiger charge is 2.24. The van der Waals surface area contributed by atoms with Crippen LogP contribution in [0.3, 0.4) is 0 Å². The smallest absolute Gasteiger partial charge is 0.238 e. The van der Waals surface area contributed by atoms with Crippen molar-refractivity contribution in [3.05, 3.63) is 29.3 Å². The van der Waals surface area contributed by atoms with Crippen LogP contribution in [0.2, 0.25) is 5.02 Å². The van der Waals surface area contributed by atoms with Crippen molar-refractivity contribution in [2.75, 3.05) is 25.0 Å². The van der Waals surface area contributed by atoms with Crippen molar-refractivity contribution in [2.24, 2.45) is 0 Å². The summed E-state index contributed by atoms with van der Waals surface area (Å²) in [6.45, 7) is 0.924. The maximum Gasteiger partial charge on any atom is 0.238 e. The van der Waals surface area contributed by atoms with Gasteiger partial charge in [-0.2, -0.15) is 0 Å². The molecule has 0 saturated heterocycles. The van der Waals surface area contributed by atoms with Crippen LogP contribution in [-0.2, 0) is 4.79 Å². The van der Waals surface area contributed by atoms with E-state index in [0.29, 0.717) is 29.8 Å². The molecule has 0 heterocycles. The minimum Gasteiger partial charge on any atom is -0.395 e. The minimum atomic E-state index is -0.0848. The van der Waals surface area contributed by atoms with Crippen molar-refractivity contribution in [1.82, 2.24) is 4.90 Å². The molecule has 2 N–H and O–H groups in total. The Morgan fingerprint density at radius 2 is 2.05 bits per heavy atom. The van der Waals surface area contributed by atoms with E-state index >= 15 is 0 Å². The van der Waals surface area contributed by atoms with Crippen LogP contribution < -0.4 is 5.32 Å². The van der Waals surface area contributed by atoms with Gasteiger partial charge in [0.15, 0.2) is 0 Å². The summed E-state index contributed by atoms with van der Waals surface area (Å²) in [5, 5.41) is 12.5. The number of carbonyl (C=O) groups is 1. The van der Waals surface area contributed by atoms with Crippen LogP contribution in [0.5, 0.6) is 0 Å².